The van der Waals surface area contributed by atoms with E-state index in [1.165, 1.54) is 6.08 Å². The molecule has 7 heteroatoms. The van der Waals surface area contributed by atoms with Crippen LogP contribution in [0.4, 0.5) is 13.2 Å². The van der Waals surface area contributed by atoms with Crippen LogP contribution in [0.15, 0.2) is 36.9 Å². The molecule has 0 aliphatic heterocycles. The minimum Gasteiger partial charge on any atom is -0.351 e. The fraction of sp³-hybridized carbons (Fsp3) is 0.231. The summed E-state index contributed by atoms with van der Waals surface area (Å²) >= 11 is 0. The largest absolute Gasteiger partial charge is 0.416 e. The van der Waals surface area contributed by atoms with E-state index >= 15 is 0 Å². The summed E-state index contributed by atoms with van der Waals surface area (Å²) in [7, 11) is 0. The molecule has 0 aliphatic carbocycles. The number of hydrogen-bond donors (Lipinski definition) is 2. The minimum absolute atomic E-state index is 0.0505. The Hall–Kier alpha value is -2.31. The van der Waals surface area contributed by atoms with E-state index in [4.69, 9.17) is 0 Å². The van der Waals surface area contributed by atoms with Crippen LogP contribution in [0.5, 0.6) is 0 Å². The molecular formula is C13H13F3N2O2. The Morgan fingerprint density at radius 3 is 2.25 bits per heavy atom. The van der Waals surface area contributed by atoms with Gasteiger partial charge in [-0.1, -0.05) is 6.08 Å². The van der Waals surface area contributed by atoms with Gasteiger partial charge in [0.15, 0.2) is 0 Å². The Morgan fingerprint density at radius 1 is 1.15 bits per heavy atom. The van der Waals surface area contributed by atoms with Gasteiger partial charge in [-0.05, 0) is 24.3 Å². The molecule has 0 heterocycles. The van der Waals surface area contributed by atoms with Crippen molar-refractivity contribution in [1.82, 2.24) is 10.6 Å². The predicted molar refractivity (Wildman–Crippen MR) is 67.0 cm³/mol. The summed E-state index contributed by atoms with van der Waals surface area (Å²) in [6.45, 7) is 3.43. The van der Waals surface area contributed by atoms with Crippen molar-refractivity contribution in [3.63, 3.8) is 0 Å². The molecule has 4 nitrogen and oxygen atoms in total. The average Bonchev–Trinajstić information content (AvgIpc) is 2.41. The fourth-order valence-corrected chi connectivity index (χ4v) is 1.32. The molecule has 20 heavy (non-hydrogen) atoms. The van der Waals surface area contributed by atoms with Crippen molar-refractivity contribution < 1.29 is 22.8 Å². The normalized spacial score (nSPS) is 10.8. The summed E-state index contributed by atoms with van der Waals surface area (Å²) in [4.78, 5) is 22.8. The lowest BCUT2D eigenvalue weighted by atomic mass is 10.1. The number of alkyl halides is 3. The molecule has 0 saturated heterocycles. The summed E-state index contributed by atoms with van der Waals surface area (Å²) in [6, 6.07) is 3.74. The van der Waals surface area contributed by atoms with Gasteiger partial charge in [-0.25, -0.2) is 0 Å². The SMILES string of the molecule is C=CCNC(=O)CNC(=O)c1ccc(C(F)(F)F)cc1. The summed E-state index contributed by atoms with van der Waals surface area (Å²) in [5.41, 5.74) is -0.785. The second-order valence-corrected chi connectivity index (χ2v) is 3.85. The molecule has 0 unspecified atom stereocenters. The van der Waals surface area contributed by atoms with E-state index in [2.05, 4.69) is 17.2 Å². The van der Waals surface area contributed by atoms with Gasteiger partial charge >= 0.3 is 6.18 Å². The number of benzene rings is 1. The molecule has 0 aromatic heterocycles. The van der Waals surface area contributed by atoms with E-state index in [1.807, 2.05) is 0 Å². The number of nitrogens with one attached hydrogen (secondary N) is 2. The zero-order chi connectivity index (χ0) is 15.2. The Balaban J connectivity index is 2.56. The Kier molecular flexibility index (Phi) is 5.31. The fourth-order valence-electron chi connectivity index (χ4n) is 1.32. The van der Waals surface area contributed by atoms with Crippen molar-refractivity contribution in [2.75, 3.05) is 13.1 Å². The summed E-state index contributed by atoms with van der Waals surface area (Å²) in [5, 5.41) is 4.75. The molecule has 1 rings (SSSR count). The van der Waals surface area contributed by atoms with Crippen LogP contribution >= 0.6 is 0 Å². The van der Waals surface area contributed by atoms with E-state index in [1.54, 1.807) is 0 Å². The molecule has 1 aromatic rings. The second kappa shape index (κ2) is 6.74. The number of amides is 2. The van der Waals surface area contributed by atoms with Crippen LogP contribution in [-0.2, 0) is 11.0 Å². The third kappa shape index (κ3) is 4.75. The Bertz CT molecular complexity index is 495. The molecule has 2 amide bonds. The molecule has 0 saturated carbocycles. The van der Waals surface area contributed by atoms with Crippen LogP contribution in [-0.4, -0.2) is 24.9 Å². The van der Waals surface area contributed by atoms with Crippen molar-refractivity contribution >= 4 is 11.8 Å². The highest BCUT2D eigenvalue weighted by atomic mass is 19.4. The van der Waals surface area contributed by atoms with Gasteiger partial charge in [0.1, 0.15) is 0 Å². The highest BCUT2D eigenvalue weighted by Crippen LogP contribution is 2.28. The van der Waals surface area contributed by atoms with Gasteiger partial charge < -0.3 is 10.6 Å². The Labute approximate surface area is 113 Å². The molecule has 0 atom stereocenters. The van der Waals surface area contributed by atoms with Crippen molar-refractivity contribution in [1.29, 1.82) is 0 Å². The minimum atomic E-state index is -4.44. The van der Waals surface area contributed by atoms with E-state index < -0.39 is 23.6 Å². The standard InChI is InChI=1S/C13H13F3N2O2/c1-2-7-17-11(19)8-18-12(20)9-3-5-10(6-4-9)13(14,15)16/h2-6H,1,7-8H2,(H,17,19)(H,18,20). The summed E-state index contributed by atoms with van der Waals surface area (Å²) < 4.78 is 37.0. The van der Waals surface area contributed by atoms with Crippen LogP contribution in [0.1, 0.15) is 15.9 Å². The van der Waals surface area contributed by atoms with E-state index in [0.717, 1.165) is 24.3 Å². The van der Waals surface area contributed by atoms with Crippen molar-refractivity contribution in [2.45, 2.75) is 6.18 Å². The van der Waals surface area contributed by atoms with Gasteiger partial charge in [0, 0.05) is 12.1 Å². The molecule has 2 N–H and O–H groups in total. The van der Waals surface area contributed by atoms with Gasteiger partial charge in [0.25, 0.3) is 5.91 Å². The molecule has 0 bridgehead atoms. The predicted octanol–water partition coefficient (Wildman–Crippen LogP) is 1.74. The van der Waals surface area contributed by atoms with Gasteiger partial charge in [0.05, 0.1) is 12.1 Å². The van der Waals surface area contributed by atoms with Crippen molar-refractivity contribution in [3.05, 3.63) is 48.0 Å². The third-order valence-corrected chi connectivity index (χ3v) is 2.33. The molecule has 0 fully saturated rings. The lowest BCUT2D eigenvalue weighted by Crippen LogP contribution is -2.36. The number of carbonyl (C=O) groups is 2. The highest BCUT2D eigenvalue weighted by Gasteiger charge is 2.30. The monoisotopic (exact) mass is 286 g/mol. The van der Waals surface area contributed by atoms with E-state index in [9.17, 15) is 22.8 Å². The van der Waals surface area contributed by atoms with Crippen LogP contribution < -0.4 is 10.6 Å². The first-order valence-corrected chi connectivity index (χ1v) is 5.67. The number of hydrogen-bond acceptors (Lipinski definition) is 2. The zero-order valence-electron chi connectivity index (χ0n) is 10.5. The maximum absolute atomic E-state index is 12.3. The maximum Gasteiger partial charge on any atom is 0.416 e. The number of halogens is 3. The van der Waals surface area contributed by atoms with Crippen molar-refractivity contribution in [2.24, 2.45) is 0 Å². The summed E-state index contributed by atoms with van der Waals surface area (Å²) in [5.74, 6) is -1.03. The van der Waals surface area contributed by atoms with Crippen molar-refractivity contribution in [3.8, 4) is 0 Å². The first kappa shape index (κ1) is 15.7. The van der Waals surface area contributed by atoms with E-state index in [-0.39, 0.29) is 18.7 Å². The first-order valence-electron chi connectivity index (χ1n) is 5.67. The summed E-state index contributed by atoms with van der Waals surface area (Å²) in [6.07, 6.45) is -2.96. The van der Waals surface area contributed by atoms with Gasteiger partial charge in [-0.3, -0.25) is 9.59 Å². The van der Waals surface area contributed by atoms with Gasteiger partial charge in [-0.2, -0.15) is 13.2 Å². The smallest absolute Gasteiger partial charge is 0.351 e. The maximum atomic E-state index is 12.3. The molecule has 1 aromatic carbocycles. The van der Waals surface area contributed by atoms with Crippen LogP contribution in [0.25, 0.3) is 0 Å². The van der Waals surface area contributed by atoms with Gasteiger partial charge in [-0.15, -0.1) is 6.58 Å². The quantitative estimate of drug-likeness (QED) is 0.810. The van der Waals surface area contributed by atoms with Crippen LogP contribution in [0.2, 0.25) is 0 Å². The first-order chi connectivity index (χ1) is 9.34. The zero-order valence-corrected chi connectivity index (χ0v) is 10.5. The second-order valence-electron chi connectivity index (χ2n) is 3.85. The lowest BCUT2D eigenvalue weighted by Gasteiger charge is -2.08. The Morgan fingerprint density at radius 2 is 1.75 bits per heavy atom. The third-order valence-electron chi connectivity index (χ3n) is 2.33. The lowest BCUT2D eigenvalue weighted by molar-refractivity contribution is -0.137. The molecule has 0 spiro atoms. The molecular weight excluding hydrogens is 273 g/mol. The topological polar surface area (TPSA) is 58.2 Å². The molecule has 0 radical (unpaired) electrons. The molecule has 0 aliphatic rings. The van der Waals surface area contributed by atoms with Crippen LogP contribution in [0.3, 0.4) is 0 Å². The van der Waals surface area contributed by atoms with Crippen LogP contribution in [0, 0.1) is 0 Å². The highest BCUT2D eigenvalue weighted by molar-refractivity contribution is 5.96. The number of carbonyl (C=O) groups excluding carboxylic acids is 2. The van der Waals surface area contributed by atoms with Gasteiger partial charge in [0.2, 0.25) is 5.91 Å². The molecule has 108 valence electrons. The average molecular weight is 286 g/mol. The van der Waals surface area contributed by atoms with E-state index in [0.29, 0.717) is 0 Å². The number of rotatable bonds is 5.